The van der Waals surface area contributed by atoms with Crippen LogP contribution in [-0.2, 0) is 4.79 Å². The first-order valence-corrected chi connectivity index (χ1v) is 9.41. The van der Waals surface area contributed by atoms with Crippen LogP contribution in [0, 0.1) is 0 Å². The number of carbonyl (C=O) groups is 1. The second-order valence-electron chi connectivity index (χ2n) is 6.82. The molecule has 0 aromatic rings. The third-order valence-corrected chi connectivity index (χ3v) is 6.59. The number of hydrogen-bond acceptors (Lipinski definition) is 3. The molecule has 0 aliphatic heterocycles. The first-order valence-electron chi connectivity index (χ1n) is 8.18. The van der Waals surface area contributed by atoms with Gasteiger partial charge in [-0.15, -0.1) is 0 Å². The number of amides is 1. The van der Waals surface area contributed by atoms with Crippen molar-refractivity contribution in [3.05, 3.63) is 0 Å². The number of hydrogen-bond donors (Lipinski definition) is 2. The molecule has 0 bridgehead atoms. The van der Waals surface area contributed by atoms with Gasteiger partial charge in [0, 0.05) is 23.3 Å². The Morgan fingerprint density at radius 3 is 2.15 bits per heavy atom. The zero-order chi connectivity index (χ0) is 14.5. The van der Waals surface area contributed by atoms with Crippen LogP contribution in [0.2, 0.25) is 0 Å². The largest absolute Gasteiger partial charge is 0.355 e. The van der Waals surface area contributed by atoms with E-state index >= 15 is 0 Å². The summed E-state index contributed by atoms with van der Waals surface area (Å²) in [6, 6.07) is 0. The van der Waals surface area contributed by atoms with Crippen LogP contribution in [0.25, 0.3) is 0 Å². The highest BCUT2D eigenvalue weighted by Crippen LogP contribution is 2.38. The molecule has 0 unspecified atom stereocenters. The first kappa shape index (κ1) is 16.2. The van der Waals surface area contributed by atoms with Gasteiger partial charge >= 0.3 is 0 Å². The molecule has 2 aliphatic carbocycles. The van der Waals surface area contributed by atoms with Crippen LogP contribution in [0.5, 0.6) is 0 Å². The van der Waals surface area contributed by atoms with Crippen LogP contribution in [0.15, 0.2) is 0 Å². The highest BCUT2D eigenvalue weighted by atomic mass is 32.2. The van der Waals surface area contributed by atoms with Crippen molar-refractivity contribution in [1.29, 1.82) is 0 Å². The Morgan fingerprint density at radius 2 is 1.60 bits per heavy atom. The second kappa shape index (κ2) is 7.17. The summed E-state index contributed by atoms with van der Waals surface area (Å²) in [6.45, 7) is 0.822. The van der Waals surface area contributed by atoms with Crippen LogP contribution in [0.3, 0.4) is 0 Å². The van der Waals surface area contributed by atoms with E-state index in [1.807, 2.05) is 11.8 Å². The van der Waals surface area contributed by atoms with Crippen LogP contribution in [0.1, 0.15) is 70.6 Å². The fourth-order valence-corrected chi connectivity index (χ4v) is 4.64. The lowest BCUT2D eigenvalue weighted by Crippen LogP contribution is -2.48. The van der Waals surface area contributed by atoms with Gasteiger partial charge in [0.2, 0.25) is 5.91 Å². The van der Waals surface area contributed by atoms with E-state index in [0.717, 1.165) is 19.4 Å². The minimum atomic E-state index is -0.235. The van der Waals surface area contributed by atoms with E-state index in [0.29, 0.717) is 6.42 Å². The highest BCUT2D eigenvalue weighted by molar-refractivity contribution is 8.00. The predicted molar refractivity (Wildman–Crippen MR) is 87.0 cm³/mol. The molecule has 20 heavy (non-hydrogen) atoms. The fraction of sp³-hybridized carbons (Fsp3) is 0.938. The zero-order valence-corrected chi connectivity index (χ0v) is 13.7. The number of carbonyl (C=O) groups excluding carboxylic acids is 1. The topological polar surface area (TPSA) is 55.1 Å². The Balaban J connectivity index is 1.79. The SMILES string of the molecule is CSC1(CNC(=O)CC2(N)CCCCC2)CCCCC1. The lowest BCUT2D eigenvalue weighted by molar-refractivity contribution is -0.122. The maximum atomic E-state index is 12.2. The monoisotopic (exact) mass is 298 g/mol. The highest BCUT2D eigenvalue weighted by Gasteiger charge is 2.33. The Labute approximate surface area is 127 Å². The molecule has 2 fully saturated rings. The lowest BCUT2D eigenvalue weighted by atomic mass is 9.80. The van der Waals surface area contributed by atoms with Gasteiger partial charge < -0.3 is 11.1 Å². The van der Waals surface area contributed by atoms with Crippen molar-refractivity contribution in [2.24, 2.45) is 5.73 Å². The van der Waals surface area contributed by atoms with Gasteiger partial charge in [-0.25, -0.2) is 0 Å². The van der Waals surface area contributed by atoms with Gasteiger partial charge in [-0.2, -0.15) is 11.8 Å². The van der Waals surface area contributed by atoms with Crippen LogP contribution < -0.4 is 11.1 Å². The van der Waals surface area contributed by atoms with E-state index in [1.54, 1.807) is 0 Å². The lowest BCUT2D eigenvalue weighted by Gasteiger charge is -2.37. The van der Waals surface area contributed by atoms with Gasteiger partial charge in [0.1, 0.15) is 0 Å². The summed E-state index contributed by atoms with van der Waals surface area (Å²) in [5.74, 6) is 0.161. The van der Waals surface area contributed by atoms with Crippen LogP contribution in [0.4, 0.5) is 0 Å². The molecule has 2 saturated carbocycles. The molecular formula is C16H30N2OS. The molecule has 116 valence electrons. The van der Waals surface area contributed by atoms with Crippen molar-refractivity contribution in [3.63, 3.8) is 0 Å². The van der Waals surface area contributed by atoms with Gasteiger partial charge in [0.25, 0.3) is 0 Å². The van der Waals surface area contributed by atoms with E-state index in [-0.39, 0.29) is 16.2 Å². The van der Waals surface area contributed by atoms with E-state index in [1.165, 1.54) is 51.4 Å². The summed E-state index contributed by atoms with van der Waals surface area (Å²) >= 11 is 1.93. The third-order valence-electron chi connectivity index (χ3n) is 5.17. The molecule has 2 aliphatic rings. The minimum absolute atomic E-state index is 0.161. The fourth-order valence-electron chi connectivity index (χ4n) is 3.72. The van der Waals surface area contributed by atoms with E-state index in [4.69, 9.17) is 5.73 Å². The Bertz CT molecular complexity index is 320. The maximum Gasteiger partial charge on any atom is 0.221 e. The van der Waals surface area contributed by atoms with E-state index < -0.39 is 0 Å². The number of nitrogens with one attached hydrogen (secondary N) is 1. The number of nitrogens with two attached hydrogens (primary N) is 1. The van der Waals surface area contributed by atoms with Gasteiger partial charge in [-0.1, -0.05) is 38.5 Å². The quantitative estimate of drug-likeness (QED) is 0.819. The van der Waals surface area contributed by atoms with Crippen molar-refractivity contribution in [2.75, 3.05) is 12.8 Å². The Morgan fingerprint density at radius 1 is 1.05 bits per heavy atom. The average molecular weight is 298 g/mol. The van der Waals surface area contributed by atoms with E-state index in [9.17, 15) is 4.79 Å². The van der Waals surface area contributed by atoms with Gasteiger partial charge in [0.05, 0.1) is 0 Å². The molecule has 0 aromatic carbocycles. The molecule has 3 N–H and O–H groups in total. The molecule has 3 nitrogen and oxygen atoms in total. The van der Waals surface area contributed by atoms with Crippen molar-refractivity contribution in [3.8, 4) is 0 Å². The standard InChI is InChI=1S/C16H30N2OS/c1-20-16(10-6-3-7-11-16)13-18-14(19)12-15(17)8-4-2-5-9-15/h2-13,17H2,1H3,(H,18,19). The van der Waals surface area contributed by atoms with Gasteiger partial charge in [-0.3, -0.25) is 4.79 Å². The van der Waals surface area contributed by atoms with Crippen molar-refractivity contribution >= 4 is 17.7 Å². The Kier molecular flexibility index (Phi) is 5.79. The molecule has 0 spiro atoms. The minimum Gasteiger partial charge on any atom is -0.355 e. The summed E-state index contributed by atoms with van der Waals surface area (Å²) in [7, 11) is 0. The predicted octanol–water partition coefficient (Wildman–Crippen LogP) is 3.22. The summed E-state index contributed by atoms with van der Waals surface area (Å²) in [6.07, 6.45) is 14.8. The molecule has 0 radical (unpaired) electrons. The first-order chi connectivity index (χ1) is 9.58. The molecule has 2 rings (SSSR count). The molecular weight excluding hydrogens is 268 g/mol. The molecule has 0 heterocycles. The summed E-state index contributed by atoms with van der Waals surface area (Å²) < 4.78 is 0.280. The molecule has 0 atom stereocenters. The second-order valence-corrected chi connectivity index (χ2v) is 8.10. The van der Waals surface area contributed by atoms with Crippen molar-refractivity contribution in [2.45, 2.75) is 80.9 Å². The van der Waals surface area contributed by atoms with Gasteiger partial charge in [-0.05, 0) is 31.9 Å². The smallest absolute Gasteiger partial charge is 0.221 e. The molecule has 0 aromatic heterocycles. The average Bonchev–Trinajstić information content (AvgIpc) is 2.46. The summed E-state index contributed by atoms with van der Waals surface area (Å²) in [4.78, 5) is 12.2. The van der Waals surface area contributed by atoms with Crippen molar-refractivity contribution in [1.82, 2.24) is 5.32 Å². The molecule has 4 heteroatoms. The third kappa shape index (κ3) is 4.39. The molecule has 1 amide bonds. The molecule has 0 saturated heterocycles. The van der Waals surface area contributed by atoms with E-state index in [2.05, 4.69) is 11.6 Å². The summed E-state index contributed by atoms with van der Waals surface area (Å²) in [5, 5.41) is 3.18. The normalized spacial score (nSPS) is 25.1. The summed E-state index contributed by atoms with van der Waals surface area (Å²) in [5.41, 5.74) is 6.13. The Hall–Kier alpha value is -0.220. The zero-order valence-electron chi connectivity index (χ0n) is 12.9. The number of rotatable bonds is 5. The van der Waals surface area contributed by atoms with Gasteiger partial charge in [0.15, 0.2) is 0 Å². The van der Waals surface area contributed by atoms with Crippen molar-refractivity contribution < 1.29 is 4.79 Å². The van der Waals surface area contributed by atoms with Crippen LogP contribution in [-0.4, -0.2) is 29.0 Å². The van der Waals surface area contributed by atoms with Crippen LogP contribution >= 0.6 is 11.8 Å². The number of thioether (sulfide) groups is 1. The maximum absolute atomic E-state index is 12.2.